The average Bonchev–Trinajstić information content (AvgIpc) is 2.71. The molecule has 1 unspecified atom stereocenters. The highest BCUT2D eigenvalue weighted by molar-refractivity contribution is 14.1. The molecule has 1 N–H and O–H groups in total. The highest BCUT2D eigenvalue weighted by Crippen LogP contribution is 2.25. The second-order valence-electron chi connectivity index (χ2n) is 3.29. The number of aliphatic imine (C=N–C) groups is 1. The number of benzene rings is 1. The van der Waals surface area contributed by atoms with E-state index in [0.717, 1.165) is 21.8 Å². The lowest BCUT2D eigenvalue weighted by Gasteiger charge is -2.07. The van der Waals surface area contributed by atoms with Crippen LogP contribution in [0.15, 0.2) is 23.2 Å². The maximum Gasteiger partial charge on any atom is 0.161 e. The summed E-state index contributed by atoms with van der Waals surface area (Å²) in [4.78, 5) is 4.36. The molecule has 0 aromatic heterocycles. The molecule has 0 saturated carbocycles. The summed E-state index contributed by atoms with van der Waals surface area (Å²) in [7, 11) is 0. The summed E-state index contributed by atoms with van der Waals surface area (Å²) < 4.78 is 14.0. The molecule has 1 heterocycles. The van der Waals surface area contributed by atoms with Gasteiger partial charge in [-0.15, -0.1) is 0 Å². The van der Waals surface area contributed by atoms with Gasteiger partial charge in [0.25, 0.3) is 0 Å². The summed E-state index contributed by atoms with van der Waals surface area (Å²) in [6, 6.07) is 4.57. The Balaban J connectivity index is 2.02. The van der Waals surface area contributed by atoms with Crippen LogP contribution in [-0.2, 0) is 0 Å². The van der Waals surface area contributed by atoms with Crippen molar-refractivity contribution < 1.29 is 4.39 Å². The Kier molecular flexibility index (Phi) is 4.32. The minimum Gasteiger partial charge on any atom is -0.335 e. The second kappa shape index (κ2) is 5.55. The SMILES string of the molecule is Fc1ccc(NC2=NCC(CI)S2)cc1Cl. The third kappa shape index (κ3) is 3.01. The van der Waals surface area contributed by atoms with Gasteiger partial charge in [-0.3, -0.25) is 4.99 Å². The number of alkyl halides is 1. The van der Waals surface area contributed by atoms with Crippen molar-refractivity contribution >= 4 is 56.8 Å². The molecule has 1 atom stereocenters. The van der Waals surface area contributed by atoms with Gasteiger partial charge < -0.3 is 5.32 Å². The van der Waals surface area contributed by atoms with Crippen LogP contribution in [0.2, 0.25) is 5.02 Å². The van der Waals surface area contributed by atoms with Crippen LogP contribution in [0, 0.1) is 5.82 Å². The van der Waals surface area contributed by atoms with Gasteiger partial charge in [0.15, 0.2) is 5.17 Å². The van der Waals surface area contributed by atoms with E-state index in [-0.39, 0.29) is 5.02 Å². The summed E-state index contributed by atoms with van der Waals surface area (Å²) in [5.41, 5.74) is 0.770. The molecule has 0 amide bonds. The van der Waals surface area contributed by atoms with Crippen molar-refractivity contribution in [1.82, 2.24) is 0 Å². The molecule has 0 saturated heterocycles. The van der Waals surface area contributed by atoms with E-state index >= 15 is 0 Å². The number of halogens is 3. The number of nitrogens with zero attached hydrogens (tertiary/aromatic N) is 1. The first-order chi connectivity index (χ1) is 7.69. The zero-order valence-corrected chi connectivity index (χ0v) is 11.9. The predicted octanol–water partition coefficient (Wildman–Crippen LogP) is 3.80. The van der Waals surface area contributed by atoms with E-state index in [0.29, 0.717) is 5.25 Å². The van der Waals surface area contributed by atoms with Crippen LogP contribution in [0.4, 0.5) is 10.1 Å². The Hall–Kier alpha value is -0.0100. The first-order valence-electron chi connectivity index (χ1n) is 4.68. The average molecular weight is 371 g/mol. The summed E-state index contributed by atoms with van der Waals surface area (Å²) in [6.07, 6.45) is 0. The molecule has 86 valence electrons. The lowest BCUT2D eigenvalue weighted by atomic mass is 10.3. The van der Waals surface area contributed by atoms with Crippen molar-refractivity contribution in [3.63, 3.8) is 0 Å². The topological polar surface area (TPSA) is 24.4 Å². The smallest absolute Gasteiger partial charge is 0.161 e. The minimum absolute atomic E-state index is 0.124. The van der Waals surface area contributed by atoms with Gasteiger partial charge in [-0.1, -0.05) is 46.0 Å². The van der Waals surface area contributed by atoms with Gasteiger partial charge in [-0.2, -0.15) is 0 Å². The predicted molar refractivity (Wildman–Crippen MR) is 77.6 cm³/mol. The lowest BCUT2D eigenvalue weighted by Crippen LogP contribution is -2.08. The number of rotatable bonds is 2. The monoisotopic (exact) mass is 370 g/mol. The number of nitrogens with one attached hydrogen (secondary N) is 1. The normalized spacial score (nSPS) is 19.7. The summed E-state index contributed by atoms with van der Waals surface area (Å²) >= 11 is 9.75. The van der Waals surface area contributed by atoms with E-state index < -0.39 is 5.82 Å². The van der Waals surface area contributed by atoms with Crippen LogP contribution >= 0.6 is 46.0 Å². The van der Waals surface area contributed by atoms with Crippen molar-refractivity contribution in [2.24, 2.45) is 4.99 Å². The van der Waals surface area contributed by atoms with Gasteiger partial charge in [0.2, 0.25) is 0 Å². The van der Waals surface area contributed by atoms with Gasteiger partial charge in [0.1, 0.15) is 5.82 Å². The second-order valence-corrected chi connectivity index (χ2v) is 5.87. The maximum absolute atomic E-state index is 12.9. The van der Waals surface area contributed by atoms with Gasteiger partial charge in [0.05, 0.1) is 11.6 Å². The number of hydrogen-bond donors (Lipinski definition) is 1. The molecule has 1 aliphatic heterocycles. The molecule has 2 nitrogen and oxygen atoms in total. The first kappa shape index (κ1) is 12.4. The number of amidine groups is 1. The van der Waals surface area contributed by atoms with Crippen LogP contribution in [0.3, 0.4) is 0 Å². The fourth-order valence-electron chi connectivity index (χ4n) is 1.26. The molecule has 1 aromatic rings. The zero-order valence-electron chi connectivity index (χ0n) is 8.21. The van der Waals surface area contributed by atoms with Crippen molar-refractivity contribution in [2.45, 2.75) is 5.25 Å². The molecule has 6 heteroatoms. The summed E-state index contributed by atoms with van der Waals surface area (Å²) in [5.74, 6) is -0.404. The Morgan fingerprint density at radius 1 is 1.62 bits per heavy atom. The van der Waals surface area contributed by atoms with Crippen LogP contribution in [0.1, 0.15) is 0 Å². The minimum atomic E-state index is -0.404. The van der Waals surface area contributed by atoms with Crippen molar-refractivity contribution in [3.05, 3.63) is 29.0 Å². The lowest BCUT2D eigenvalue weighted by molar-refractivity contribution is 0.628. The van der Waals surface area contributed by atoms with Crippen LogP contribution in [0.25, 0.3) is 0 Å². The molecule has 0 bridgehead atoms. The van der Waals surface area contributed by atoms with Crippen LogP contribution < -0.4 is 5.32 Å². The standard InChI is InChI=1S/C10H9ClFIN2S/c11-8-3-6(1-2-9(8)12)15-10-14-5-7(4-13)16-10/h1-3,7H,4-5H2,(H,14,15). The molecule has 0 spiro atoms. The summed E-state index contributed by atoms with van der Waals surface area (Å²) in [6.45, 7) is 0.838. The number of thioether (sulfide) groups is 1. The highest BCUT2D eigenvalue weighted by atomic mass is 127. The van der Waals surface area contributed by atoms with E-state index in [9.17, 15) is 4.39 Å². The third-order valence-corrected chi connectivity index (χ3v) is 5.11. The molecule has 1 aromatic carbocycles. The summed E-state index contributed by atoms with van der Waals surface area (Å²) in [5, 5.41) is 4.68. The molecule has 1 aliphatic rings. The maximum atomic E-state index is 12.9. The molecular formula is C10H9ClFIN2S. The molecule has 0 aliphatic carbocycles. The van der Waals surface area contributed by atoms with E-state index in [1.54, 1.807) is 23.9 Å². The molecule has 0 radical (unpaired) electrons. The number of anilines is 1. The third-order valence-electron chi connectivity index (χ3n) is 2.06. The van der Waals surface area contributed by atoms with Gasteiger partial charge in [-0.25, -0.2) is 4.39 Å². The van der Waals surface area contributed by atoms with E-state index in [1.165, 1.54) is 6.07 Å². The Morgan fingerprint density at radius 2 is 2.44 bits per heavy atom. The fourth-order valence-corrected chi connectivity index (χ4v) is 3.12. The van der Waals surface area contributed by atoms with Crippen molar-refractivity contribution in [1.29, 1.82) is 0 Å². The highest BCUT2D eigenvalue weighted by Gasteiger charge is 2.18. The van der Waals surface area contributed by atoms with Gasteiger partial charge >= 0.3 is 0 Å². The largest absolute Gasteiger partial charge is 0.335 e. The molecular weight excluding hydrogens is 362 g/mol. The Morgan fingerprint density at radius 3 is 3.06 bits per heavy atom. The molecule has 16 heavy (non-hydrogen) atoms. The molecule has 0 fully saturated rings. The number of hydrogen-bond acceptors (Lipinski definition) is 3. The zero-order chi connectivity index (χ0) is 11.5. The Labute approximate surface area is 116 Å². The van der Waals surface area contributed by atoms with E-state index in [4.69, 9.17) is 11.6 Å². The van der Waals surface area contributed by atoms with Crippen molar-refractivity contribution in [2.75, 3.05) is 16.3 Å². The quantitative estimate of drug-likeness (QED) is 0.632. The first-order valence-corrected chi connectivity index (χ1v) is 7.46. The van der Waals surface area contributed by atoms with E-state index in [1.807, 2.05) is 0 Å². The van der Waals surface area contributed by atoms with Crippen LogP contribution in [0.5, 0.6) is 0 Å². The van der Waals surface area contributed by atoms with Crippen molar-refractivity contribution in [3.8, 4) is 0 Å². The Bertz CT molecular complexity index is 427. The van der Waals surface area contributed by atoms with Gasteiger partial charge in [0, 0.05) is 15.4 Å². The fraction of sp³-hybridized carbons (Fsp3) is 0.300. The van der Waals surface area contributed by atoms with E-state index in [2.05, 4.69) is 32.9 Å². The molecule has 2 rings (SSSR count). The van der Waals surface area contributed by atoms with Gasteiger partial charge in [-0.05, 0) is 18.2 Å². The van der Waals surface area contributed by atoms with Crippen LogP contribution in [-0.4, -0.2) is 21.4 Å².